The minimum atomic E-state index is -0.158. The molecule has 1 saturated carbocycles. The molecule has 1 aliphatic carbocycles. The highest BCUT2D eigenvalue weighted by atomic mass is 79.9. The molecule has 0 radical (unpaired) electrons. The molecular formula is C28H25Br2N3O2. The molecule has 1 fully saturated rings. The summed E-state index contributed by atoms with van der Waals surface area (Å²) in [7, 11) is 0. The topological polar surface area (TPSA) is 56.5 Å². The second-order valence-electron chi connectivity index (χ2n) is 8.78. The molecule has 0 amide bonds. The van der Waals surface area contributed by atoms with Crippen LogP contribution in [0.4, 0.5) is 0 Å². The van der Waals surface area contributed by atoms with Gasteiger partial charge in [0.05, 0.1) is 17.1 Å². The van der Waals surface area contributed by atoms with E-state index in [1.165, 1.54) is 11.1 Å². The molecule has 178 valence electrons. The molecule has 5 rings (SSSR count). The van der Waals surface area contributed by atoms with Gasteiger partial charge in [0.15, 0.2) is 0 Å². The van der Waals surface area contributed by atoms with Gasteiger partial charge in [-0.25, -0.2) is 4.98 Å². The molecule has 0 saturated heterocycles. The van der Waals surface area contributed by atoms with Gasteiger partial charge < -0.3 is 4.74 Å². The van der Waals surface area contributed by atoms with Gasteiger partial charge in [0.25, 0.3) is 5.56 Å². The molecule has 0 spiro atoms. The Morgan fingerprint density at radius 1 is 0.971 bits per heavy atom. The fraction of sp³-hybridized carbons (Fsp3) is 0.250. The Morgan fingerprint density at radius 3 is 2.51 bits per heavy atom. The first-order chi connectivity index (χ1) is 17.1. The Kier molecular flexibility index (Phi) is 7.44. The van der Waals surface area contributed by atoms with Gasteiger partial charge in [0.2, 0.25) is 0 Å². The Bertz CT molecular complexity index is 1430. The lowest BCUT2D eigenvalue weighted by atomic mass is 9.88. The van der Waals surface area contributed by atoms with Crippen LogP contribution in [0.5, 0.6) is 5.75 Å². The zero-order valence-corrected chi connectivity index (χ0v) is 22.3. The Balaban J connectivity index is 1.55. The van der Waals surface area contributed by atoms with Gasteiger partial charge in [0.1, 0.15) is 18.2 Å². The van der Waals surface area contributed by atoms with Crippen LogP contribution in [0.15, 0.2) is 85.6 Å². The maximum absolute atomic E-state index is 13.6. The molecule has 1 aliphatic rings. The second kappa shape index (κ2) is 10.9. The number of halogens is 2. The molecule has 1 aromatic heterocycles. The van der Waals surface area contributed by atoms with E-state index in [9.17, 15) is 4.79 Å². The first-order valence-corrected chi connectivity index (χ1v) is 13.4. The van der Waals surface area contributed by atoms with Gasteiger partial charge >= 0.3 is 0 Å². The largest absolute Gasteiger partial charge is 0.488 e. The van der Waals surface area contributed by atoms with Crippen LogP contribution in [-0.2, 0) is 6.61 Å². The van der Waals surface area contributed by atoms with Gasteiger partial charge in [-0.05, 0) is 54.8 Å². The predicted octanol–water partition coefficient (Wildman–Crippen LogP) is 7.43. The minimum Gasteiger partial charge on any atom is -0.488 e. The normalized spacial score (nSPS) is 14.6. The van der Waals surface area contributed by atoms with Gasteiger partial charge in [-0.3, -0.25) is 4.79 Å². The lowest BCUT2D eigenvalue weighted by molar-refractivity contribution is 0.305. The molecule has 0 aliphatic heterocycles. The van der Waals surface area contributed by atoms with Gasteiger partial charge in [0, 0.05) is 20.4 Å². The third kappa shape index (κ3) is 5.57. The van der Waals surface area contributed by atoms with Crippen LogP contribution in [0.25, 0.3) is 10.9 Å². The number of nitrogens with zero attached hydrogens (tertiary/aromatic N) is 3. The molecule has 35 heavy (non-hydrogen) atoms. The average molecular weight is 595 g/mol. The number of aromatic nitrogens is 2. The van der Waals surface area contributed by atoms with Crippen molar-refractivity contribution in [3.05, 3.63) is 103 Å². The number of ether oxygens (including phenoxy) is 1. The summed E-state index contributed by atoms with van der Waals surface area (Å²) in [5.41, 5.74) is 2.42. The van der Waals surface area contributed by atoms with Crippen LogP contribution in [-0.4, -0.2) is 15.9 Å². The van der Waals surface area contributed by atoms with Crippen LogP contribution in [0.3, 0.4) is 0 Å². The fourth-order valence-corrected chi connectivity index (χ4v) is 5.25. The lowest BCUT2D eigenvalue weighted by Crippen LogP contribution is -2.25. The van der Waals surface area contributed by atoms with Crippen molar-refractivity contribution in [2.45, 2.75) is 44.6 Å². The van der Waals surface area contributed by atoms with E-state index in [4.69, 9.17) is 9.72 Å². The van der Waals surface area contributed by atoms with Gasteiger partial charge in [-0.2, -0.15) is 9.78 Å². The summed E-state index contributed by atoms with van der Waals surface area (Å²) in [6.45, 7) is 0.447. The Labute approximate surface area is 221 Å². The highest BCUT2D eigenvalue weighted by Gasteiger charge is 2.22. The van der Waals surface area contributed by atoms with Crippen LogP contribution in [0.1, 0.15) is 55.0 Å². The third-order valence-electron chi connectivity index (χ3n) is 6.32. The molecule has 7 heteroatoms. The SMILES string of the molecule is O=c1c2cc(Br)ccc2nc(C2CCCCC2)n1N=Cc1cc(Br)ccc1OCc1ccccc1. The summed E-state index contributed by atoms with van der Waals surface area (Å²) in [4.78, 5) is 18.5. The Morgan fingerprint density at radius 2 is 1.71 bits per heavy atom. The zero-order valence-electron chi connectivity index (χ0n) is 19.2. The first-order valence-electron chi connectivity index (χ1n) is 11.8. The van der Waals surface area contributed by atoms with Crippen molar-refractivity contribution in [3.63, 3.8) is 0 Å². The lowest BCUT2D eigenvalue weighted by Gasteiger charge is -2.22. The highest BCUT2D eigenvalue weighted by molar-refractivity contribution is 9.10. The minimum absolute atomic E-state index is 0.158. The molecule has 5 nitrogen and oxygen atoms in total. The fourth-order valence-electron chi connectivity index (χ4n) is 4.51. The predicted molar refractivity (Wildman–Crippen MR) is 147 cm³/mol. The van der Waals surface area contributed by atoms with Crippen molar-refractivity contribution < 1.29 is 4.74 Å². The molecule has 0 atom stereocenters. The van der Waals surface area contributed by atoms with E-state index >= 15 is 0 Å². The molecule has 4 aromatic rings. The number of hydrogen-bond acceptors (Lipinski definition) is 4. The molecule has 0 N–H and O–H groups in total. The van der Waals surface area contributed by atoms with E-state index in [-0.39, 0.29) is 11.5 Å². The van der Waals surface area contributed by atoms with Gasteiger partial charge in [-0.15, -0.1) is 0 Å². The number of hydrogen-bond donors (Lipinski definition) is 0. The van der Waals surface area contributed by atoms with Crippen molar-refractivity contribution in [2.75, 3.05) is 0 Å². The Hall–Kier alpha value is -2.77. The average Bonchev–Trinajstić information content (AvgIpc) is 2.89. The summed E-state index contributed by atoms with van der Waals surface area (Å²) in [5.74, 6) is 1.66. The maximum Gasteiger partial charge on any atom is 0.282 e. The molecule has 3 aromatic carbocycles. The number of benzene rings is 3. The molecule has 0 unspecified atom stereocenters. The van der Waals surface area contributed by atoms with E-state index in [2.05, 4.69) is 37.0 Å². The van der Waals surface area contributed by atoms with E-state index in [1.54, 1.807) is 6.21 Å². The number of fused-ring (bicyclic) bond motifs is 1. The summed E-state index contributed by atoms with van der Waals surface area (Å²) in [6, 6.07) is 21.5. The first kappa shape index (κ1) is 23.9. The van der Waals surface area contributed by atoms with E-state index in [0.29, 0.717) is 23.3 Å². The summed E-state index contributed by atoms with van der Waals surface area (Å²) in [6.07, 6.45) is 7.26. The van der Waals surface area contributed by atoms with Crippen molar-refractivity contribution in [1.29, 1.82) is 0 Å². The van der Waals surface area contributed by atoms with E-state index < -0.39 is 0 Å². The quantitative estimate of drug-likeness (QED) is 0.218. The van der Waals surface area contributed by atoms with Crippen LogP contribution in [0.2, 0.25) is 0 Å². The summed E-state index contributed by atoms with van der Waals surface area (Å²) in [5, 5.41) is 5.24. The molecule has 0 bridgehead atoms. The summed E-state index contributed by atoms with van der Waals surface area (Å²) >= 11 is 7.03. The molecular weight excluding hydrogens is 570 g/mol. The van der Waals surface area contributed by atoms with Gasteiger partial charge in [-0.1, -0.05) is 81.5 Å². The standard InChI is InChI=1S/C28H25Br2N3O2/c29-22-12-14-26(35-18-19-7-3-1-4-8-19)21(15-22)17-31-33-27(20-9-5-2-6-10-20)32-25-13-11-23(30)16-24(25)28(33)34/h1,3-4,7-8,11-17,20H,2,5-6,9-10,18H2. The highest BCUT2D eigenvalue weighted by Crippen LogP contribution is 2.32. The third-order valence-corrected chi connectivity index (χ3v) is 7.31. The van der Waals surface area contributed by atoms with Crippen molar-refractivity contribution in [3.8, 4) is 5.75 Å². The van der Waals surface area contributed by atoms with E-state index in [1.807, 2.05) is 66.7 Å². The van der Waals surface area contributed by atoms with Crippen LogP contribution >= 0.6 is 31.9 Å². The number of rotatable bonds is 6. The van der Waals surface area contributed by atoms with Crippen molar-refractivity contribution >= 4 is 49.0 Å². The smallest absolute Gasteiger partial charge is 0.282 e. The van der Waals surface area contributed by atoms with Crippen LogP contribution < -0.4 is 10.3 Å². The second-order valence-corrected chi connectivity index (χ2v) is 10.6. The van der Waals surface area contributed by atoms with E-state index in [0.717, 1.165) is 51.6 Å². The molecule has 1 heterocycles. The zero-order chi connectivity index (χ0) is 24.2. The maximum atomic E-state index is 13.6. The summed E-state index contributed by atoms with van der Waals surface area (Å²) < 4.78 is 9.35. The van der Waals surface area contributed by atoms with Crippen molar-refractivity contribution in [2.24, 2.45) is 5.10 Å². The van der Waals surface area contributed by atoms with Crippen LogP contribution in [0, 0.1) is 0 Å². The van der Waals surface area contributed by atoms with Crippen molar-refractivity contribution in [1.82, 2.24) is 9.66 Å². The monoisotopic (exact) mass is 593 g/mol.